The van der Waals surface area contributed by atoms with E-state index in [1.807, 2.05) is 32.0 Å². The highest BCUT2D eigenvalue weighted by Crippen LogP contribution is 2.40. The number of nitrogens with one attached hydrogen (secondary N) is 2. The number of anilines is 2. The number of hydrogen-bond acceptors (Lipinski definition) is 4. The maximum atomic E-state index is 12.5. The molecule has 28 heavy (non-hydrogen) atoms. The minimum atomic E-state index is -0.488. The van der Waals surface area contributed by atoms with Crippen LogP contribution in [0.4, 0.5) is 11.4 Å². The van der Waals surface area contributed by atoms with Crippen molar-refractivity contribution in [3.05, 3.63) is 59.2 Å². The number of rotatable bonds is 6. The number of esters is 1. The van der Waals surface area contributed by atoms with Gasteiger partial charge in [0, 0.05) is 5.69 Å². The third kappa shape index (κ3) is 4.39. The molecule has 6 nitrogen and oxygen atoms in total. The molecular formula is C22H24N2O4. The van der Waals surface area contributed by atoms with Crippen LogP contribution in [0.1, 0.15) is 34.8 Å². The van der Waals surface area contributed by atoms with E-state index in [0.29, 0.717) is 17.7 Å². The van der Waals surface area contributed by atoms with Gasteiger partial charge >= 0.3 is 5.97 Å². The van der Waals surface area contributed by atoms with Crippen LogP contribution in [0.2, 0.25) is 0 Å². The summed E-state index contributed by atoms with van der Waals surface area (Å²) in [6, 6.07) is 12.4. The van der Waals surface area contributed by atoms with Gasteiger partial charge in [0.2, 0.25) is 11.8 Å². The van der Waals surface area contributed by atoms with E-state index in [1.54, 1.807) is 31.2 Å². The maximum Gasteiger partial charge on any atom is 0.340 e. The molecule has 2 amide bonds. The van der Waals surface area contributed by atoms with E-state index in [1.165, 1.54) is 0 Å². The van der Waals surface area contributed by atoms with Crippen LogP contribution in [-0.2, 0) is 14.3 Å². The summed E-state index contributed by atoms with van der Waals surface area (Å²) in [7, 11) is 0. The molecule has 1 fully saturated rings. The Balaban J connectivity index is 1.61. The van der Waals surface area contributed by atoms with E-state index in [-0.39, 0.29) is 24.3 Å². The van der Waals surface area contributed by atoms with Gasteiger partial charge < -0.3 is 15.4 Å². The van der Waals surface area contributed by atoms with Gasteiger partial charge in [0.1, 0.15) is 0 Å². The van der Waals surface area contributed by atoms with E-state index in [4.69, 9.17) is 4.74 Å². The number of para-hydroxylation sites is 1. The first-order valence-corrected chi connectivity index (χ1v) is 9.35. The summed E-state index contributed by atoms with van der Waals surface area (Å²) in [5.74, 6) is -1.68. The molecule has 6 heteroatoms. The molecule has 3 rings (SSSR count). The Morgan fingerprint density at radius 1 is 0.964 bits per heavy atom. The summed E-state index contributed by atoms with van der Waals surface area (Å²) in [5, 5.41) is 5.63. The van der Waals surface area contributed by atoms with Gasteiger partial charge in [-0.15, -0.1) is 0 Å². The quantitative estimate of drug-likeness (QED) is 0.749. The highest BCUT2D eigenvalue weighted by atomic mass is 16.5. The Morgan fingerprint density at radius 2 is 1.64 bits per heavy atom. The predicted molar refractivity (Wildman–Crippen MR) is 107 cm³/mol. The minimum absolute atomic E-state index is 0.165. The molecule has 0 aliphatic heterocycles. The van der Waals surface area contributed by atoms with Crippen LogP contribution in [0, 0.1) is 25.7 Å². The normalized spacial score (nSPS) is 17.5. The number of benzene rings is 2. The van der Waals surface area contributed by atoms with Crippen LogP contribution in [-0.4, -0.2) is 24.4 Å². The molecule has 0 bridgehead atoms. The molecule has 1 aliphatic rings. The Labute approximate surface area is 164 Å². The van der Waals surface area contributed by atoms with Crippen molar-refractivity contribution in [2.24, 2.45) is 11.8 Å². The largest absolute Gasteiger partial charge is 0.462 e. The molecule has 0 heterocycles. The molecule has 2 aromatic carbocycles. The standard InChI is InChI=1S/C22H24N2O4/c1-4-28-22(27)16-7-5-6-8-19(16)24-21(26)18-12-17(18)20(25)23-15-10-9-13(2)14(3)11-15/h5-11,17-18H,4,12H2,1-3H3,(H,23,25)(H,24,26). The molecule has 1 saturated carbocycles. The fraction of sp³-hybridized carbons (Fsp3) is 0.318. The van der Waals surface area contributed by atoms with Gasteiger partial charge in [0.15, 0.2) is 0 Å². The van der Waals surface area contributed by atoms with Gasteiger partial charge in [-0.2, -0.15) is 0 Å². The lowest BCUT2D eigenvalue weighted by Gasteiger charge is -2.10. The Morgan fingerprint density at radius 3 is 2.32 bits per heavy atom. The third-order valence-corrected chi connectivity index (χ3v) is 4.92. The van der Waals surface area contributed by atoms with Gasteiger partial charge in [0.25, 0.3) is 0 Å². The fourth-order valence-corrected chi connectivity index (χ4v) is 3.03. The lowest BCUT2D eigenvalue weighted by molar-refractivity contribution is -0.122. The fourth-order valence-electron chi connectivity index (χ4n) is 3.03. The van der Waals surface area contributed by atoms with E-state index < -0.39 is 11.9 Å². The lowest BCUT2D eigenvalue weighted by Crippen LogP contribution is -2.21. The van der Waals surface area contributed by atoms with Crippen molar-refractivity contribution in [2.45, 2.75) is 27.2 Å². The molecule has 0 saturated heterocycles. The summed E-state index contributed by atoms with van der Waals surface area (Å²) >= 11 is 0. The van der Waals surface area contributed by atoms with Crippen molar-refractivity contribution in [2.75, 3.05) is 17.2 Å². The molecule has 0 spiro atoms. The maximum absolute atomic E-state index is 12.5. The number of hydrogen-bond donors (Lipinski definition) is 2. The average Bonchev–Trinajstić information content (AvgIpc) is 3.46. The number of amides is 2. The zero-order valence-corrected chi connectivity index (χ0v) is 16.2. The first-order chi connectivity index (χ1) is 13.4. The summed E-state index contributed by atoms with van der Waals surface area (Å²) in [5.41, 5.74) is 3.67. The predicted octanol–water partition coefficient (Wildman–Crippen LogP) is 3.69. The third-order valence-electron chi connectivity index (χ3n) is 4.92. The number of aryl methyl sites for hydroxylation is 2. The smallest absolute Gasteiger partial charge is 0.340 e. The monoisotopic (exact) mass is 380 g/mol. The topological polar surface area (TPSA) is 84.5 Å². The van der Waals surface area contributed by atoms with Crippen LogP contribution in [0.15, 0.2) is 42.5 Å². The summed E-state index contributed by atoms with van der Waals surface area (Å²) in [6.45, 7) is 5.97. The molecule has 2 N–H and O–H groups in total. The molecule has 0 radical (unpaired) electrons. The molecule has 2 aromatic rings. The first kappa shape index (κ1) is 19.6. The van der Waals surface area contributed by atoms with Crippen LogP contribution in [0.5, 0.6) is 0 Å². The summed E-state index contributed by atoms with van der Waals surface area (Å²) in [4.78, 5) is 37.0. The van der Waals surface area contributed by atoms with Crippen molar-refractivity contribution >= 4 is 29.2 Å². The van der Waals surface area contributed by atoms with E-state index in [2.05, 4.69) is 10.6 Å². The average molecular weight is 380 g/mol. The van der Waals surface area contributed by atoms with Gasteiger partial charge in [-0.1, -0.05) is 18.2 Å². The minimum Gasteiger partial charge on any atom is -0.462 e. The Hall–Kier alpha value is -3.15. The molecular weight excluding hydrogens is 356 g/mol. The zero-order valence-electron chi connectivity index (χ0n) is 16.2. The number of carbonyl (C=O) groups excluding carboxylic acids is 3. The molecule has 0 aromatic heterocycles. The van der Waals surface area contributed by atoms with E-state index >= 15 is 0 Å². The highest BCUT2D eigenvalue weighted by molar-refractivity contribution is 6.06. The van der Waals surface area contributed by atoms with Gasteiger partial charge in [-0.25, -0.2) is 4.79 Å². The van der Waals surface area contributed by atoms with Crippen molar-refractivity contribution in [3.8, 4) is 0 Å². The number of ether oxygens (including phenoxy) is 1. The van der Waals surface area contributed by atoms with Crippen LogP contribution in [0.25, 0.3) is 0 Å². The van der Waals surface area contributed by atoms with E-state index in [9.17, 15) is 14.4 Å². The van der Waals surface area contributed by atoms with E-state index in [0.717, 1.165) is 16.8 Å². The van der Waals surface area contributed by atoms with Crippen LogP contribution < -0.4 is 10.6 Å². The van der Waals surface area contributed by atoms with Crippen molar-refractivity contribution in [3.63, 3.8) is 0 Å². The lowest BCUT2D eigenvalue weighted by atomic mass is 10.1. The second-order valence-corrected chi connectivity index (χ2v) is 6.99. The van der Waals surface area contributed by atoms with Crippen molar-refractivity contribution < 1.29 is 19.1 Å². The SMILES string of the molecule is CCOC(=O)c1ccccc1NC(=O)C1CC1C(=O)Nc1ccc(C)c(C)c1. The van der Waals surface area contributed by atoms with Crippen molar-refractivity contribution in [1.82, 2.24) is 0 Å². The Bertz CT molecular complexity index is 923. The highest BCUT2D eigenvalue weighted by Gasteiger charge is 2.48. The molecule has 2 atom stereocenters. The van der Waals surface area contributed by atoms with Crippen molar-refractivity contribution in [1.29, 1.82) is 0 Å². The molecule has 2 unspecified atom stereocenters. The summed E-state index contributed by atoms with van der Waals surface area (Å²) < 4.78 is 5.02. The summed E-state index contributed by atoms with van der Waals surface area (Å²) in [6.07, 6.45) is 0.490. The first-order valence-electron chi connectivity index (χ1n) is 9.35. The second kappa shape index (κ2) is 8.25. The second-order valence-electron chi connectivity index (χ2n) is 6.99. The van der Waals surface area contributed by atoms with Gasteiger partial charge in [0.05, 0.1) is 29.7 Å². The van der Waals surface area contributed by atoms with Gasteiger partial charge in [-0.3, -0.25) is 9.59 Å². The Kier molecular flexibility index (Phi) is 5.78. The number of carbonyl (C=O) groups is 3. The zero-order chi connectivity index (χ0) is 20.3. The molecule has 1 aliphatic carbocycles. The molecule has 146 valence electrons. The van der Waals surface area contributed by atoms with Gasteiger partial charge in [-0.05, 0) is 62.6 Å². The van der Waals surface area contributed by atoms with Crippen LogP contribution >= 0.6 is 0 Å². The van der Waals surface area contributed by atoms with Crippen LogP contribution in [0.3, 0.4) is 0 Å².